The highest BCUT2D eigenvalue weighted by Gasteiger charge is 2.39. The van der Waals surface area contributed by atoms with Gasteiger partial charge in [-0.15, -0.1) is 11.3 Å². The minimum Gasteiger partial charge on any atom is -0.356 e. The number of rotatable bonds is 4. The highest BCUT2D eigenvalue weighted by atomic mass is 32.2. The van der Waals surface area contributed by atoms with E-state index in [1.807, 2.05) is 6.07 Å². The first kappa shape index (κ1) is 16.8. The van der Waals surface area contributed by atoms with Crippen LogP contribution in [-0.2, 0) is 19.5 Å². The number of sulfonamides is 1. The summed E-state index contributed by atoms with van der Waals surface area (Å²) in [4.78, 5) is 6.56. The first-order valence-electron chi connectivity index (χ1n) is 8.12. The lowest BCUT2D eigenvalue weighted by atomic mass is 10.0. The van der Waals surface area contributed by atoms with Gasteiger partial charge in [0.2, 0.25) is 0 Å². The van der Waals surface area contributed by atoms with E-state index in [1.54, 1.807) is 29.8 Å². The predicted octanol–water partition coefficient (Wildman–Crippen LogP) is 2.29. The summed E-state index contributed by atoms with van der Waals surface area (Å²) in [6, 6.07) is 6.86. The van der Waals surface area contributed by atoms with E-state index in [9.17, 15) is 8.42 Å². The van der Waals surface area contributed by atoms with Crippen molar-refractivity contribution in [1.29, 1.82) is 0 Å². The maximum absolute atomic E-state index is 12.2. The SMILES string of the molecule is O=S(=O)(Nc1ccc(N2CCC3(CC2)OCCO3)nc1)c1cccs1. The summed E-state index contributed by atoms with van der Waals surface area (Å²) in [7, 11) is -3.54. The van der Waals surface area contributed by atoms with Gasteiger partial charge in [-0.3, -0.25) is 4.72 Å². The van der Waals surface area contributed by atoms with Gasteiger partial charge in [-0.05, 0) is 23.6 Å². The van der Waals surface area contributed by atoms with E-state index in [0.717, 1.165) is 31.7 Å². The number of thiophene rings is 1. The van der Waals surface area contributed by atoms with Gasteiger partial charge in [0.25, 0.3) is 10.0 Å². The Kier molecular flexibility index (Phi) is 4.40. The quantitative estimate of drug-likeness (QED) is 0.875. The van der Waals surface area contributed by atoms with Gasteiger partial charge in [0.1, 0.15) is 10.0 Å². The van der Waals surface area contributed by atoms with Crippen LogP contribution in [0.4, 0.5) is 11.5 Å². The van der Waals surface area contributed by atoms with Crippen LogP contribution in [0.2, 0.25) is 0 Å². The monoisotopic (exact) mass is 381 g/mol. The van der Waals surface area contributed by atoms with Crippen LogP contribution in [0.5, 0.6) is 0 Å². The highest BCUT2D eigenvalue weighted by Crippen LogP contribution is 2.32. The second-order valence-corrected chi connectivity index (χ2v) is 8.89. The number of piperidine rings is 1. The molecule has 1 N–H and O–H groups in total. The molecule has 2 saturated heterocycles. The summed E-state index contributed by atoms with van der Waals surface area (Å²) in [5, 5.41) is 1.73. The molecule has 2 aliphatic heterocycles. The zero-order chi connectivity index (χ0) is 17.3. The Hall–Kier alpha value is -1.68. The maximum atomic E-state index is 12.2. The molecule has 4 rings (SSSR count). The van der Waals surface area contributed by atoms with Crippen LogP contribution in [0.25, 0.3) is 0 Å². The van der Waals surface area contributed by atoms with Crippen molar-refractivity contribution in [2.45, 2.75) is 22.8 Å². The van der Waals surface area contributed by atoms with Crippen LogP contribution >= 0.6 is 11.3 Å². The van der Waals surface area contributed by atoms with Gasteiger partial charge in [0, 0.05) is 25.9 Å². The number of aromatic nitrogens is 1. The topological polar surface area (TPSA) is 80.8 Å². The van der Waals surface area contributed by atoms with Gasteiger partial charge in [0.05, 0.1) is 25.1 Å². The van der Waals surface area contributed by atoms with Crippen molar-refractivity contribution in [2.75, 3.05) is 35.9 Å². The Bertz CT molecular complexity index is 806. The summed E-state index contributed by atoms with van der Waals surface area (Å²) in [6.45, 7) is 2.93. The molecule has 134 valence electrons. The second-order valence-electron chi connectivity index (χ2n) is 6.04. The molecule has 0 aromatic carbocycles. The molecule has 9 heteroatoms. The Balaban J connectivity index is 1.41. The molecule has 2 aliphatic rings. The molecule has 1 spiro atoms. The Morgan fingerprint density at radius 1 is 1.16 bits per heavy atom. The number of nitrogens with zero attached hydrogens (tertiary/aromatic N) is 2. The van der Waals surface area contributed by atoms with Crippen LogP contribution in [0.1, 0.15) is 12.8 Å². The van der Waals surface area contributed by atoms with E-state index in [1.165, 1.54) is 11.3 Å². The smallest absolute Gasteiger partial charge is 0.271 e. The summed E-state index contributed by atoms with van der Waals surface area (Å²) in [5.41, 5.74) is 0.452. The summed E-state index contributed by atoms with van der Waals surface area (Å²) in [5.74, 6) is 0.416. The molecule has 4 heterocycles. The first-order chi connectivity index (χ1) is 12.1. The number of pyridine rings is 1. The third-order valence-corrected chi connectivity index (χ3v) is 7.20. The van der Waals surface area contributed by atoms with Crippen LogP contribution in [0.3, 0.4) is 0 Å². The number of nitrogens with one attached hydrogen (secondary N) is 1. The Labute approximate surface area is 150 Å². The third-order valence-electron chi connectivity index (χ3n) is 4.42. The van der Waals surface area contributed by atoms with Crippen molar-refractivity contribution in [1.82, 2.24) is 4.98 Å². The van der Waals surface area contributed by atoms with E-state index in [0.29, 0.717) is 18.9 Å². The fourth-order valence-corrected chi connectivity index (χ4v) is 5.15. The lowest BCUT2D eigenvalue weighted by molar-refractivity contribution is -0.169. The van der Waals surface area contributed by atoms with Crippen LogP contribution in [0, 0.1) is 0 Å². The molecule has 2 aromatic heterocycles. The van der Waals surface area contributed by atoms with E-state index in [-0.39, 0.29) is 4.21 Å². The number of hydrogen-bond donors (Lipinski definition) is 1. The molecule has 0 saturated carbocycles. The van der Waals surface area contributed by atoms with Gasteiger partial charge >= 0.3 is 0 Å². The molecule has 0 unspecified atom stereocenters. The van der Waals surface area contributed by atoms with Gasteiger partial charge < -0.3 is 14.4 Å². The molecule has 2 aromatic rings. The van der Waals surface area contributed by atoms with Gasteiger partial charge in [-0.25, -0.2) is 13.4 Å². The molecule has 0 bridgehead atoms. The molecule has 0 amide bonds. The maximum Gasteiger partial charge on any atom is 0.271 e. The average Bonchev–Trinajstić information content (AvgIpc) is 3.29. The molecular formula is C16H19N3O4S2. The minimum absolute atomic E-state index is 0.287. The predicted molar refractivity (Wildman–Crippen MR) is 95.4 cm³/mol. The molecule has 2 fully saturated rings. The highest BCUT2D eigenvalue weighted by molar-refractivity contribution is 7.94. The van der Waals surface area contributed by atoms with E-state index < -0.39 is 15.8 Å². The Morgan fingerprint density at radius 3 is 2.52 bits per heavy atom. The largest absolute Gasteiger partial charge is 0.356 e. The van der Waals surface area contributed by atoms with Gasteiger partial charge in [-0.2, -0.15) is 0 Å². The van der Waals surface area contributed by atoms with Crippen molar-refractivity contribution in [3.63, 3.8) is 0 Å². The van der Waals surface area contributed by atoms with Crippen molar-refractivity contribution in [2.24, 2.45) is 0 Å². The van der Waals surface area contributed by atoms with Gasteiger partial charge in [0.15, 0.2) is 5.79 Å². The summed E-state index contributed by atoms with van der Waals surface area (Å²) in [6.07, 6.45) is 3.16. The van der Waals surface area contributed by atoms with Crippen molar-refractivity contribution in [3.05, 3.63) is 35.8 Å². The van der Waals surface area contributed by atoms with E-state index >= 15 is 0 Å². The van der Waals surface area contributed by atoms with Gasteiger partial charge in [-0.1, -0.05) is 6.07 Å². The molecule has 25 heavy (non-hydrogen) atoms. The van der Waals surface area contributed by atoms with Crippen LogP contribution < -0.4 is 9.62 Å². The Morgan fingerprint density at radius 2 is 1.92 bits per heavy atom. The number of ether oxygens (including phenoxy) is 2. The fourth-order valence-electron chi connectivity index (χ4n) is 3.12. The lowest BCUT2D eigenvalue weighted by Crippen LogP contribution is -2.45. The fraction of sp³-hybridized carbons (Fsp3) is 0.438. The third kappa shape index (κ3) is 3.50. The summed E-state index contributed by atoms with van der Waals surface area (Å²) < 4.78 is 38.8. The molecule has 7 nitrogen and oxygen atoms in total. The molecule has 0 aliphatic carbocycles. The molecular weight excluding hydrogens is 362 g/mol. The standard InChI is InChI=1S/C16H19N3O4S2/c20-25(21,15-2-1-11-24-15)18-13-3-4-14(17-12-13)19-7-5-16(6-8-19)22-9-10-23-16/h1-4,11-12,18H,5-10H2. The lowest BCUT2D eigenvalue weighted by Gasteiger charge is -2.38. The van der Waals surface area contributed by atoms with Crippen LogP contribution in [0.15, 0.2) is 40.1 Å². The average molecular weight is 381 g/mol. The number of hydrogen-bond acceptors (Lipinski definition) is 7. The first-order valence-corrected chi connectivity index (χ1v) is 10.5. The zero-order valence-corrected chi connectivity index (χ0v) is 15.2. The van der Waals surface area contributed by atoms with Crippen molar-refractivity contribution >= 4 is 32.9 Å². The van der Waals surface area contributed by atoms with E-state index in [2.05, 4.69) is 14.6 Å². The summed E-state index contributed by atoms with van der Waals surface area (Å²) >= 11 is 1.18. The number of anilines is 2. The van der Waals surface area contributed by atoms with E-state index in [4.69, 9.17) is 9.47 Å². The van der Waals surface area contributed by atoms with Crippen molar-refractivity contribution < 1.29 is 17.9 Å². The molecule has 0 radical (unpaired) electrons. The zero-order valence-electron chi connectivity index (χ0n) is 13.6. The normalized spacial score (nSPS) is 20.1. The van der Waals surface area contributed by atoms with Crippen molar-refractivity contribution in [3.8, 4) is 0 Å². The second kappa shape index (κ2) is 6.56. The molecule has 0 atom stereocenters. The van der Waals surface area contributed by atoms with Crippen LogP contribution in [-0.4, -0.2) is 45.5 Å². The minimum atomic E-state index is -3.54.